The SMILES string of the molecule is Cc1nn(C)cc1COc1ccc(N)cc1F. The number of benzene rings is 1. The lowest BCUT2D eigenvalue weighted by atomic mass is 10.2. The van der Waals surface area contributed by atoms with Crippen LogP contribution in [0.4, 0.5) is 10.1 Å². The number of halogens is 1. The van der Waals surface area contributed by atoms with Gasteiger partial charge in [-0.25, -0.2) is 4.39 Å². The van der Waals surface area contributed by atoms with Crippen LogP contribution in [-0.4, -0.2) is 9.78 Å². The van der Waals surface area contributed by atoms with Crippen LogP contribution in [0.2, 0.25) is 0 Å². The highest BCUT2D eigenvalue weighted by molar-refractivity contribution is 5.42. The summed E-state index contributed by atoms with van der Waals surface area (Å²) in [6.07, 6.45) is 1.85. The molecule has 0 saturated carbocycles. The summed E-state index contributed by atoms with van der Waals surface area (Å²) in [5, 5.41) is 4.18. The Labute approximate surface area is 98.8 Å². The van der Waals surface area contributed by atoms with Crippen LogP contribution in [0, 0.1) is 12.7 Å². The average Bonchev–Trinajstić information content (AvgIpc) is 2.56. The summed E-state index contributed by atoms with van der Waals surface area (Å²) in [6, 6.07) is 4.37. The van der Waals surface area contributed by atoms with E-state index in [0.717, 1.165) is 11.3 Å². The van der Waals surface area contributed by atoms with Crippen molar-refractivity contribution in [2.45, 2.75) is 13.5 Å². The van der Waals surface area contributed by atoms with E-state index in [-0.39, 0.29) is 5.75 Å². The summed E-state index contributed by atoms with van der Waals surface area (Å²) < 4.78 is 20.5. The molecular weight excluding hydrogens is 221 g/mol. The minimum atomic E-state index is -0.452. The van der Waals surface area contributed by atoms with Gasteiger partial charge in [0, 0.05) is 30.6 Å². The Hall–Kier alpha value is -2.04. The number of hydrogen-bond donors (Lipinski definition) is 1. The minimum Gasteiger partial charge on any atom is -0.486 e. The van der Waals surface area contributed by atoms with E-state index >= 15 is 0 Å². The molecule has 0 saturated heterocycles. The molecule has 2 aromatic rings. The van der Waals surface area contributed by atoms with Crippen molar-refractivity contribution in [1.82, 2.24) is 9.78 Å². The Bertz CT molecular complexity index is 537. The molecular formula is C12H14FN3O. The highest BCUT2D eigenvalue weighted by Crippen LogP contribution is 2.20. The third kappa shape index (κ3) is 2.55. The standard InChI is InChI=1S/C12H14FN3O/c1-8-9(6-16(2)15-8)7-17-12-4-3-10(14)5-11(12)13/h3-6H,7,14H2,1-2H3. The average molecular weight is 235 g/mol. The third-order valence-electron chi connectivity index (χ3n) is 2.45. The van der Waals surface area contributed by atoms with Crippen LogP contribution in [0.3, 0.4) is 0 Å². The summed E-state index contributed by atoms with van der Waals surface area (Å²) in [6.45, 7) is 2.18. The lowest BCUT2D eigenvalue weighted by molar-refractivity contribution is 0.289. The van der Waals surface area contributed by atoms with Crippen molar-refractivity contribution in [2.75, 3.05) is 5.73 Å². The van der Waals surface area contributed by atoms with Gasteiger partial charge in [-0.15, -0.1) is 0 Å². The first-order valence-electron chi connectivity index (χ1n) is 5.23. The Morgan fingerprint density at radius 1 is 1.47 bits per heavy atom. The number of ether oxygens (including phenoxy) is 1. The van der Waals surface area contributed by atoms with Crippen molar-refractivity contribution in [1.29, 1.82) is 0 Å². The third-order valence-corrected chi connectivity index (χ3v) is 2.45. The smallest absolute Gasteiger partial charge is 0.167 e. The molecule has 0 fully saturated rings. The zero-order chi connectivity index (χ0) is 12.4. The molecule has 1 heterocycles. The first-order chi connectivity index (χ1) is 8.06. The van der Waals surface area contributed by atoms with E-state index in [1.165, 1.54) is 12.1 Å². The van der Waals surface area contributed by atoms with E-state index in [1.807, 2.05) is 20.2 Å². The summed E-state index contributed by atoms with van der Waals surface area (Å²) in [7, 11) is 1.83. The Morgan fingerprint density at radius 3 is 2.82 bits per heavy atom. The molecule has 2 N–H and O–H groups in total. The van der Waals surface area contributed by atoms with E-state index < -0.39 is 5.82 Å². The zero-order valence-electron chi connectivity index (χ0n) is 9.77. The van der Waals surface area contributed by atoms with Gasteiger partial charge in [-0.05, 0) is 19.1 Å². The fourth-order valence-corrected chi connectivity index (χ4v) is 1.58. The number of anilines is 1. The van der Waals surface area contributed by atoms with Crippen molar-refractivity contribution >= 4 is 5.69 Å². The molecule has 0 amide bonds. The van der Waals surface area contributed by atoms with Crippen LogP contribution < -0.4 is 10.5 Å². The molecule has 0 aliphatic carbocycles. The number of rotatable bonds is 3. The second-order valence-corrected chi connectivity index (χ2v) is 3.89. The lowest BCUT2D eigenvalue weighted by Gasteiger charge is -2.06. The van der Waals surface area contributed by atoms with Gasteiger partial charge in [-0.3, -0.25) is 4.68 Å². The summed E-state index contributed by atoms with van der Waals surface area (Å²) in [4.78, 5) is 0. The van der Waals surface area contributed by atoms with Crippen LogP contribution in [0.5, 0.6) is 5.75 Å². The fraction of sp³-hybridized carbons (Fsp3) is 0.250. The molecule has 4 nitrogen and oxygen atoms in total. The summed E-state index contributed by atoms with van der Waals surface area (Å²) in [5.74, 6) is -0.256. The number of aromatic nitrogens is 2. The van der Waals surface area contributed by atoms with Gasteiger partial charge in [-0.2, -0.15) is 5.10 Å². The maximum absolute atomic E-state index is 13.4. The number of nitrogens with two attached hydrogens (primary N) is 1. The first-order valence-corrected chi connectivity index (χ1v) is 5.23. The van der Waals surface area contributed by atoms with Gasteiger partial charge in [0.05, 0.1) is 5.69 Å². The van der Waals surface area contributed by atoms with Crippen LogP contribution in [0.1, 0.15) is 11.3 Å². The van der Waals surface area contributed by atoms with Crippen LogP contribution in [-0.2, 0) is 13.7 Å². The van der Waals surface area contributed by atoms with Crippen molar-refractivity contribution in [3.8, 4) is 5.75 Å². The maximum atomic E-state index is 13.4. The molecule has 0 aliphatic heterocycles. The highest BCUT2D eigenvalue weighted by Gasteiger charge is 2.07. The fourth-order valence-electron chi connectivity index (χ4n) is 1.58. The molecule has 0 atom stereocenters. The second-order valence-electron chi connectivity index (χ2n) is 3.89. The predicted octanol–water partition coefficient (Wildman–Crippen LogP) is 2.03. The zero-order valence-corrected chi connectivity index (χ0v) is 9.77. The van der Waals surface area contributed by atoms with Gasteiger partial charge in [0.25, 0.3) is 0 Å². The first kappa shape index (κ1) is 11.4. The number of aryl methyl sites for hydroxylation is 2. The quantitative estimate of drug-likeness (QED) is 0.828. The van der Waals surface area contributed by atoms with Gasteiger partial charge in [0.15, 0.2) is 11.6 Å². The summed E-state index contributed by atoms with van der Waals surface area (Å²) >= 11 is 0. The lowest BCUT2D eigenvalue weighted by Crippen LogP contribution is -1.98. The van der Waals surface area contributed by atoms with Crippen molar-refractivity contribution in [3.63, 3.8) is 0 Å². The maximum Gasteiger partial charge on any atom is 0.167 e. The van der Waals surface area contributed by atoms with Crippen molar-refractivity contribution in [2.24, 2.45) is 7.05 Å². The van der Waals surface area contributed by atoms with Crippen LogP contribution in [0.25, 0.3) is 0 Å². The Morgan fingerprint density at radius 2 is 2.24 bits per heavy atom. The Kier molecular flexibility index (Phi) is 2.99. The van der Waals surface area contributed by atoms with E-state index in [2.05, 4.69) is 5.10 Å². The number of nitrogens with zero attached hydrogens (tertiary/aromatic N) is 2. The number of hydrogen-bond acceptors (Lipinski definition) is 3. The van der Waals surface area contributed by atoms with E-state index in [0.29, 0.717) is 12.3 Å². The van der Waals surface area contributed by atoms with E-state index in [9.17, 15) is 4.39 Å². The molecule has 0 spiro atoms. The largest absolute Gasteiger partial charge is 0.486 e. The monoisotopic (exact) mass is 235 g/mol. The van der Waals surface area contributed by atoms with E-state index in [4.69, 9.17) is 10.5 Å². The van der Waals surface area contributed by atoms with Crippen LogP contribution in [0.15, 0.2) is 24.4 Å². The summed E-state index contributed by atoms with van der Waals surface area (Å²) in [5.41, 5.74) is 7.65. The molecule has 2 rings (SSSR count). The molecule has 90 valence electrons. The molecule has 1 aromatic heterocycles. The Balaban J connectivity index is 2.10. The van der Waals surface area contributed by atoms with Crippen molar-refractivity contribution in [3.05, 3.63) is 41.5 Å². The van der Waals surface area contributed by atoms with Gasteiger partial charge in [-0.1, -0.05) is 0 Å². The molecule has 0 bridgehead atoms. The number of nitrogen functional groups attached to an aromatic ring is 1. The highest BCUT2D eigenvalue weighted by atomic mass is 19.1. The van der Waals surface area contributed by atoms with Gasteiger partial charge in [0.2, 0.25) is 0 Å². The van der Waals surface area contributed by atoms with Gasteiger partial charge in [0.1, 0.15) is 6.61 Å². The van der Waals surface area contributed by atoms with E-state index in [1.54, 1.807) is 10.7 Å². The van der Waals surface area contributed by atoms with Crippen LogP contribution >= 0.6 is 0 Å². The molecule has 0 aliphatic rings. The molecule has 1 aromatic carbocycles. The predicted molar refractivity (Wildman–Crippen MR) is 63.1 cm³/mol. The molecule has 5 heteroatoms. The normalized spacial score (nSPS) is 10.5. The second kappa shape index (κ2) is 4.45. The van der Waals surface area contributed by atoms with Gasteiger partial charge >= 0.3 is 0 Å². The van der Waals surface area contributed by atoms with Crippen molar-refractivity contribution < 1.29 is 9.13 Å². The molecule has 0 radical (unpaired) electrons. The molecule has 0 unspecified atom stereocenters. The topological polar surface area (TPSA) is 53.1 Å². The van der Waals surface area contributed by atoms with Gasteiger partial charge < -0.3 is 10.5 Å². The minimum absolute atomic E-state index is 0.197. The molecule has 17 heavy (non-hydrogen) atoms.